The summed E-state index contributed by atoms with van der Waals surface area (Å²) >= 11 is 0. The lowest BCUT2D eigenvalue weighted by Gasteiger charge is -2.13. The standard InChI is InChI=1S/C12H9F3N2O2/c13-12(14,15)10-6-9(16-17-10)11(19-7-18)8-4-2-1-3-5-8/h1-7,11H,(H,16,17). The van der Waals surface area contributed by atoms with Crippen LogP contribution in [0.3, 0.4) is 0 Å². The van der Waals surface area contributed by atoms with Crippen LogP contribution in [0.4, 0.5) is 13.2 Å². The third-order valence-electron chi connectivity index (χ3n) is 2.46. The number of benzene rings is 1. The van der Waals surface area contributed by atoms with Crippen LogP contribution in [0.25, 0.3) is 0 Å². The lowest BCUT2D eigenvalue weighted by Crippen LogP contribution is -2.06. The molecule has 0 spiro atoms. The fraction of sp³-hybridized carbons (Fsp3) is 0.167. The molecular formula is C12H9F3N2O2. The molecule has 0 saturated heterocycles. The van der Waals surface area contributed by atoms with Crippen LogP contribution in [0.1, 0.15) is 23.1 Å². The summed E-state index contributed by atoms with van der Waals surface area (Å²) in [6.07, 6.45) is -5.49. The average Bonchev–Trinajstić information content (AvgIpc) is 2.86. The smallest absolute Gasteiger partial charge is 0.435 e. The van der Waals surface area contributed by atoms with Crippen LogP contribution < -0.4 is 0 Å². The first-order valence-corrected chi connectivity index (χ1v) is 5.29. The van der Waals surface area contributed by atoms with E-state index in [0.29, 0.717) is 5.56 Å². The van der Waals surface area contributed by atoms with Crippen LogP contribution in [0.15, 0.2) is 36.4 Å². The predicted molar refractivity (Wildman–Crippen MR) is 59.0 cm³/mol. The molecule has 0 amide bonds. The van der Waals surface area contributed by atoms with Crippen molar-refractivity contribution >= 4 is 6.47 Å². The summed E-state index contributed by atoms with van der Waals surface area (Å²) in [5, 5.41) is 5.41. The van der Waals surface area contributed by atoms with E-state index in [-0.39, 0.29) is 12.2 Å². The van der Waals surface area contributed by atoms with Gasteiger partial charge in [-0.05, 0) is 11.6 Å². The normalized spacial score (nSPS) is 13.0. The van der Waals surface area contributed by atoms with Gasteiger partial charge in [0.15, 0.2) is 11.8 Å². The van der Waals surface area contributed by atoms with Crippen molar-refractivity contribution in [3.05, 3.63) is 53.3 Å². The quantitative estimate of drug-likeness (QED) is 0.869. The molecule has 4 nitrogen and oxygen atoms in total. The predicted octanol–water partition coefficient (Wildman–Crippen LogP) is 2.69. The highest BCUT2D eigenvalue weighted by molar-refractivity contribution is 5.41. The number of hydrogen-bond donors (Lipinski definition) is 1. The van der Waals surface area contributed by atoms with Gasteiger partial charge in [-0.25, -0.2) is 0 Å². The fourth-order valence-corrected chi connectivity index (χ4v) is 1.63. The van der Waals surface area contributed by atoms with Gasteiger partial charge in [-0.3, -0.25) is 9.89 Å². The van der Waals surface area contributed by atoms with E-state index >= 15 is 0 Å². The highest BCUT2D eigenvalue weighted by Crippen LogP contribution is 2.31. The molecule has 1 aromatic carbocycles. The molecule has 2 aromatic rings. The number of carbonyl (C=O) groups is 1. The molecule has 0 aliphatic heterocycles. The second-order valence-corrected chi connectivity index (χ2v) is 3.73. The molecule has 1 N–H and O–H groups in total. The van der Waals surface area contributed by atoms with Crippen LogP contribution in [-0.4, -0.2) is 16.7 Å². The zero-order valence-corrected chi connectivity index (χ0v) is 9.52. The van der Waals surface area contributed by atoms with Gasteiger partial charge < -0.3 is 4.74 Å². The molecule has 100 valence electrons. The Hall–Kier alpha value is -2.31. The number of alkyl halides is 3. The number of ether oxygens (including phenoxy) is 1. The molecule has 2 rings (SSSR count). The van der Waals surface area contributed by atoms with E-state index in [9.17, 15) is 18.0 Å². The molecule has 1 heterocycles. The van der Waals surface area contributed by atoms with Crippen molar-refractivity contribution < 1.29 is 22.7 Å². The van der Waals surface area contributed by atoms with Gasteiger partial charge in [0.1, 0.15) is 0 Å². The second-order valence-electron chi connectivity index (χ2n) is 3.73. The summed E-state index contributed by atoms with van der Waals surface area (Å²) in [5.74, 6) is 0. The Morgan fingerprint density at radius 2 is 1.95 bits per heavy atom. The van der Waals surface area contributed by atoms with Gasteiger partial charge in [0, 0.05) is 0 Å². The maximum absolute atomic E-state index is 12.5. The minimum Gasteiger partial charge on any atom is -0.453 e. The van der Waals surface area contributed by atoms with Crippen molar-refractivity contribution in [3.63, 3.8) is 0 Å². The lowest BCUT2D eigenvalue weighted by atomic mass is 10.1. The molecule has 1 atom stereocenters. The lowest BCUT2D eigenvalue weighted by molar-refractivity contribution is -0.141. The van der Waals surface area contributed by atoms with Gasteiger partial charge >= 0.3 is 6.18 Å². The number of rotatable bonds is 4. The number of hydrogen-bond acceptors (Lipinski definition) is 3. The number of carbonyl (C=O) groups excluding carboxylic acids is 1. The SMILES string of the molecule is O=COC(c1ccccc1)c1cc(C(F)(F)F)n[nH]1. The average molecular weight is 270 g/mol. The zero-order valence-electron chi connectivity index (χ0n) is 9.52. The maximum atomic E-state index is 12.5. The summed E-state index contributed by atoms with van der Waals surface area (Å²) < 4.78 is 42.2. The molecule has 0 fully saturated rings. The van der Waals surface area contributed by atoms with E-state index in [1.807, 2.05) is 0 Å². The van der Waals surface area contributed by atoms with E-state index in [4.69, 9.17) is 4.74 Å². The Balaban J connectivity index is 2.35. The Morgan fingerprint density at radius 1 is 1.26 bits per heavy atom. The third-order valence-corrected chi connectivity index (χ3v) is 2.46. The third kappa shape index (κ3) is 2.93. The van der Waals surface area contributed by atoms with Gasteiger partial charge in [0.05, 0.1) is 5.69 Å². The first kappa shape index (κ1) is 13.1. The largest absolute Gasteiger partial charge is 0.453 e. The molecule has 7 heteroatoms. The van der Waals surface area contributed by atoms with Crippen molar-refractivity contribution in [2.24, 2.45) is 0 Å². The van der Waals surface area contributed by atoms with Crippen LogP contribution in [0, 0.1) is 0 Å². The molecule has 0 radical (unpaired) electrons. The van der Waals surface area contributed by atoms with Crippen LogP contribution >= 0.6 is 0 Å². The fourth-order valence-electron chi connectivity index (χ4n) is 1.63. The Morgan fingerprint density at radius 3 is 2.47 bits per heavy atom. The van der Waals surface area contributed by atoms with Gasteiger partial charge in [0.2, 0.25) is 0 Å². The van der Waals surface area contributed by atoms with Crippen molar-refractivity contribution in [1.29, 1.82) is 0 Å². The van der Waals surface area contributed by atoms with Crippen LogP contribution in [0.5, 0.6) is 0 Å². The molecule has 0 bridgehead atoms. The van der Waals surface area contributed by atoms with Crippen molar-refractivity contribution in [2.45, 2.75) is 12.3 Å². The van der Waals surface area contributed by atoms with Gasteiger partial charge in [-0.2, -0.15) is 18.3 Å². The van der Waals surface area contributed by atoms with Crippen molar-refractivity contribution in [2.75, 3.05) is 0 Å². The molecule has 19 heavy (non-hydrogen) atoms. The number of aromatic nitrogens is 2. The van der Waals surface area contributed by atoms with Crippen LogP contribution in [-0.2, 0) is 15.7 Å². The summed E-state index contributed by atoms with van der Waals surface area (Å²) in [6, 6.07) is 9.23. The second kappa shape index (κ2) is 5.13. The highest BCUT2D eigenvalue weighted by Gasteiger charge is 2.35. The first-order chi connectivity index (χ1) is 9.02. The Bertz CT molecular complexity index is 552. The van der Waals surface area contributed by atoms with Crippen LogP contribution in [0.2, 0.25) is 0 Å². The van der Waals surface area contributed by atoms with E-state index in [1.54, 1.807) is 30.3 Å². The van der Waals surface area contributed by atoms with E-state index in [0.717, 1.165) is 6.07 Å². The summed E-state index contributed by atoms with van der Waals surface area (Å²) in [5.41, 5.74) is -0.449. The Labute approximate surface area is 106 Å². The number of nitrogens with one attached hydrogen (secondary N) is 1. The topological polar surface area (TPSA) is 55.0 Å². The van der Waals surface area contributed by atoms with Crippen molar-refractivity contribution in [1.82, 2.24) is 10.2 Å². The number of H-pyrrole nitrogens is 1. The maximum Gasteiger partial charge on any atom is 0.435 e. The number of nitrogens with zero attached hydrogens (tertiary/aromatic N) is 1. The van der Waals surface area contributed by atoms with Gasteiger partial charge in [-0.15, -0.1) is 0 Å². The summed E-state index contributed by atoms with van der Waals surface area (Å²) in [4.78, 5) is 10.5. The van der Waals surface area contributed by atoms with Gasteiger partial charge in [0.25, 0.3) is 6.47 Å². The molecule has 1 aromatic heterocycles. The van der Waals surface area contributed by atoms with E-state index < -0.39 is 18.0 Å². The molecule has 1 unspecified atom stereocenters. The number of aromatic amines is 1. The Kier molecular flexibility index (Phi) is 3.55. The molecule has 0 saturated carbocycles. The molecule has 0 aliphatic rings. The minimum absolute atomic E-state index is 0.0608. The summed E-state index contributed by atoms with van der Waals surface area (Å²) in [6.45, 7) is 0.186. The molecular weight excluding hydrogens is 261 g/mol. The summed E-state index contributed by atoms with van der Waals surface area (Å²) in [7, 11) is 0. The van der Waals surface area contributed by atoms with Gasteiger partial charge in [-0.1, -0.05) is 30.3 Å². The van der Waals surface area contributed by atoms with Crippen molar-refractivity contribution in [3.8, 4) is 0 Å². The highest BCUT2D eigenvalue weighted by atomic mass is 19.4. The number of halogens is 3. The van der Waals surface area contributed by atoms with E-state index in [2.05, 4.69) is 10.2 Å². The first-order valence-electron chi connectivity index (χ1n) is 5.29. The van der Waals surface area contributed by atoms with E-state index in [1.165, 1.54) is 0 Å². The molecule has 0 aliphatic carbocycles. The minimum atomic E-state index is -4.54. The monoisotopic (exact) mass is 270 g/mol. The zero-order chi connectivity index (χ0) is 13.9.